The van der Waals surface area contributed by atoms with Crippen LogP contribution in [0, 0.1) is 6.92 Å². The summed E-state index contributed by atoms with van der Waals surface area (Å²) in [6.07, 6.45) is 0.679. The van der Waals surface area contributed by atoms with E-state index >= 15 is 0 Å². The number of aromatic carboxylic acids is 1. The maximum atomic E-state index is 12.1. The van der Waals surface area contributed by atoms with Crippen LogP contribution in [-0.4, -0.2) is 37.4 Å². The molecule has 17 heavy (non-hydrogen) atoms. The maximum absolute atomic E-state index is 12.1. The van der Waals surface area contributed by atoms with Gasteiger partial charge in [0.1, 0.15) is 10.7 Å². The van der Waals surface area contributed by atoms with Crippen LogP contribution < -0.4 is 0 Å². The number of sulfonamides is 1. The van der Waals surface area contributed by atoms with Gasteiger partial charge in [0.2, 0.25) is 15.8 Å². The van der Waals surface area contributed by atoms with Crippen molar-refractivity contribution in [2.45, 2.75) is 25.2 Å². The predicted octanol–water partition coefficient (Wildman–Crippen LogP) is 1.32. The lowest BCUT2D eigenvalue weighted by Gasteiger charge is -2.15. The third-order valence-corrected chi connectivity index (χ3v) is 4.27. The second-order valence-corrected chi connectivity index (χ2v) is 5.68. The summed E-state index contributed by atoms with van der Waals surface area (Å²) < 4.78 is 30.2. The van der Waals surface area contributed by atoms with Gasteiger partial charge in [-0.15, -0.1) is 0 Å². The summed E-state index contributed by atoms with van der Waals surface area (Å²) in [5, 5.41) is 8.73. The van der Waals surface area contributed by atoms with E-state index in [1.807, 2.05) is 6.92 Å². The van der Waals surface area contributed by atoms with Crippen LogP contribution in [0.2, 0.25) is 0 Å². The zero-order valence-corrected chi connectivity index (χ0v) is 10.7. The van der Waals surface area contributed by atoms with Crippen molar-refractivity contribution >= 4 is 16.0 Å². The summed E-state index contributed by atoms with van der Waals surface area (Å²) in [5.41, 5.74) is 0. The van der Waals surface area contributed by atoms with Gasteiger partial charge >= 0.3 is 5.97 Å². The van der Waals surface area contributed by atoms with E-state index in [0.29, 0.717) is 13.0 Å². The number of carboxylic acids is 1. The van der Waals surface area contributed by atoms with E-state index in [2.05, 4.69) is 0 Å². The van der Waals surface area contributed by atoms with Gasteiger partial charge in [-0.3, -0.25) is 0 Å². The summed E-state index contributed by atoms with van der Waals surface area (Å²) in [4.78, 5) is 10.6. The van der Waals surface area contributed by atoms with Crippen LogP contribution in [0.5, 0.6) is 0 Å². The zero-order chi connectivity index (χ0) is 13.2. The number of nitrogens with zero attached hydrogens (tertiary/aromatic N) is 1. The van der Waals surface area contributed by atoms with Crippen molar-refractivity contribution in [3.05, 3.63) is 17.6 Å². The number of hydrogen-bond acceptors (Lipinski definition) is 4. The molecule has 0 bridgehead atoms. The molecule has 1 aromatic heterocycles. The van der Waals surface area contributed by atoms with Gasteiger partial charge in [0, 0.05) is 19.7 Å². The van der Waals surface area contributed by atoms with Crippen molar-refractivity contribution in [2.75, 3.05) is 13.6 Å². The lowest BCUT2D eigenvalue weighted by atomic mass is 10.4. The summed E-state index contributed by atoms with van der Waals surface area (Å²) >= 11 is 0. The molecule has 0 fully saturated rings. The van der Waals surface area contributed by atoms with Gasteiger partial charge in [-0.25, -0.2) is 17.5 Å². The molecule has 0 unspecified atom stereocenters. The van der Waals surface area contributed by atoms with Crippen molar-refractivity contribution in [1.29, 1.82) is 0 Å². The van der Waals surface area contributed by atoms with Crippen molar-refractivity contribution in [1.82, 2.24) is 4.31 Å². The Morgan fingerprint density at radius 1 is 1.53 bits per heavy atom. The van der Waals surface area contributed by atoms with E-state index in [9.17, 15) is 13.2 Å². The van der Waals surface area contributed by atoms with Crippen molar-refractivity contribution < 1.29 is 22.7 Å². The van der Waals surface area contributed by atoms with E-state index in [1.165, 1.54) is 18.3 Å². The van der Waals surface area contributed by atoms with E-state index in [0.717, 1.165) is 6.07 Å². The molecule has 0 saturated carbocycles. The molecule has 0 spiro atoms. The van der Waals surface area contributed by atoms with Gasteiger partial charge in [0.15, 0.2) is 0 Å². The second kappa shape index (κ2) is 4.89. The van der Waals surface area contributed by atoms with Crippen LogP contribution >= 0.6 is 0 Å². The Labute approximate surface area is 99.9 Å². The maximum Gasteiger partial charge on any atom is 0.371 e. The SMILES string of the molecule is CCCN(C)S(=O)(=O)c1cc(C(=O)O)oc1C. The molecule has 6 nitrogen and oxygen atoms in total. The monoisotopic (exact) mass is 261 g/mol. The van der Waals surface area contributed by atoms with Crippen LogP contribution in [0.4, 0.5) is 0 Å². The highest BCUT2D eigenvalue weighted by atomic mass is 32.2. The molecule has 0 aliphatic rings. The third-order valence-electron chi connectivity index (χ3n) is 2.31. The fraction of sp³-hybridized carbons (Fsp3) is 0.500. The van der Waals surface area contributed by atoms with Gasteiger partial charge in [-0.2, -0.15) is 0 Å². The largest absolute Gasteiger partial charge is 0.475 e. The normalized spacial score (nSPS) is 12.0. The molecule has 0 aromatic carbocycles. The van der Waals surface area contributed by atoms with Gasteiger partial charge in [-0.1, -0.05) is 6.92 Å². The van der Waals surface area contributed by atoms with E-state index in [-0.39, 0.29) is 16.4 Å². The Kier molecular flexibility index (Phi) is 3.94. The van der Waals surface area contributed by atoms with E-state index in [1.54, 1.807) is 0 Å². The number of aryl methyl sites for hydroxylation is 1. The quantitative estimate of drug-likeness (QED) is 0.863. The number of rotatable bonds is 5. The van der Waals surface area contributed by atoms with Gasteiger partial charge < -0.3 is 9.52 Å². The van der Waals surface area contributed by atoms with Gasteiger partial charge in [-0.05, 0) is 13.3 Å². The molecule has 0 amide bonds. The zero-order valence-electron chi connectivity index (χ0n) is 9.93. The Hall–Kier alpha value is -1.34. The van der Waals surface area contributed by atoms with E-state index < -0.39 is 16.0 Å². The van der Waals surface area contributed by atoms with Crippen molar-refractivity contribution in [3.63, 3.8) is 0 Å². The minimum Gasteiger partial charge on any atom is -0.475 e. The molecule has 0 aliphatic carbocycles. The fourth-order valence-electron chi connectivity index (χ4n) is 1.43. The highest BCUT2D eigenvalue weighted by Gasteiger charge is 2.27. The Morgan fingerprint density at radius 2 is 2.12 bits per heavy atom. The molecule has 96 valence electrons. The van der Waals surface area contributed by atoms with Crippen LogP contribution in [0.3, 0.4) is 0 Å². The molecular weight excluding hydrogens is 246 g/mol. The first-order valence-corrected chi connectivity index (χ1v) is 6.54. The van der Waals surface area contributed by atoms with Gasteiger partial charge in [0.05, 0.1) is 0 Å². The number of furan rings is 1. The Morgan fingerprint density at radius 3 is 2.53 bits per heavy atom. The highest BCUT2D eigenvalue weighted by Crippen LogP contribution is 2.23. The average Bonchev–Trinajstić information content (AvgIpc) is 2.61. The fourth-order valence-corrected chi connectivity index (χ4v) is 2.85. The lowest BCUT2D eigenvalue weighted by Crippen LogP contribution is -2.27. The van der Waals surface area contributed by atoms with Crippen LogP contribution in [0.15, 0.2) is 15.4 Å². The van der Waals surface area contributed by atoms with E-state index in [4.69, 9.17) is 9.52 Å². The molecular formula is C10H15NO5S. The van der Waals surface area contributed by atoms with Gasteiger partial charge in [0.25, 0.3) is 0 Å². The number of carbonyl (C=O) groups is 1. The molecule has 0 aliphatic heterocycles. The Bertz CT molecular complexity index is 517. The molecule has 1 heterocycles. The smallest absolute Gasteiger partial charge is 0.371 e. The summed E-state index contributed by atoms with van der Waals surface area (Å²) in [5.74, 6) is -1.57. The minimum absolute atomic E-state index is 0.0883. The van der Waals surface area contributed by atoms with Crippen molar-refractivity contribution in [2.24, 2.45) is 0 Å². The molecule has 1 aromatic rings. The standard InChI is InChI=1S/C10H15NO5S/c1-4-5-11(3)17(14,15)9-6-8(10(12)13)16-7(9)2/h6H,4-5H2,1-3H3,(H,12,13). The first kappa shape index (κ1) is 13.7. The summed E-state index contributed by atoms with van der Waals surface area (Å²) in [6.45, 7) is 3.66. The van der Waals surface area contributed by atoms with Crippen molar-refractivity contribution in [3.8, 4) is 0 Å². The molecule has 0 saturated heterocycles. The first-order valence-electron chi connectivity index (χ1n) is 5.10. The number of carboxylic acid groups (broad SMARTS) is 1. The minimum atomic E-state index is -3.67. The third kappa shape index (κ3) is 2.67. The summed E-state index contributed by atoms with van der Waals surface area (Å²) in [6, 6.07) is 1.04. The predicted molar refractivity (Wildman–Crippen MR) is 60.5 cm³/mol. The average molecular weight is 261 g/mol. The van der Waals surface area contributed by atoms with Crippen LogP contribution in [0.1, 0.15) is 29.7 Å². The molecule has 1 N–H and O–H groups in total. The highest BCUT2D eigenvalue weighted by molar-refractivity contribution is 7.89. The lowest BCUT2D eigenvalue weighted by molar-refractivity contribution is 0.0661. The molecule has 1 rings (SSSR count). The number of hydrogen-bond donors (Lipinski definition) is 1. The van der Waals surface area contributed by atoms with Crippen LogP contribution in [0.25, 0.3) is 0 Å². The topological polar surface area (TPSA) is 87.8 Å². The molecule has 0 radical (unpaired) electrons. The first-order chi connectivity index (χ1) is 7.80. The summed E-state index contributed by atoms with van der Waals surface area (Å²) in [7, 11) is -2.22. The van der Waals surface area contributed by atoms with Crippen LogP contribution in [-0.2, 0) is 10.0 Å². The molecule has 0 atom stereocenters. The molecule has 7 heteroatoms. The second-order valence-electron chi connectivity index (χ2n) is 3.66. The Balaban J connectivity index is 3.20.